The van der Waals surface area contributed by atoms with Crippen LogP contribution in [0.2, 0.25) is 0 Å². The fourth-order valence-corrected chi connectivity index (χ4v) is 2.21. The molecule has 2 heteroatoms. The first-order valence-corrected chi connectivity index (χ1v) is 6.63. The molecule has 1 saturated heterocycles. The van der Waals surface area contributed by atoms with Crippen molar-refractivity contribution in [3.63, 3.8) is 0 Å². The van der Waals surface area contributed by atoms with E-state index in [0.717, 1.165) is 6.54 Å². The molecule has 0 aromatic heterocycles. The van der Waals surface area contributed by atoms with E-state index in [0.29, 0.717) is 0 Å². The molecule has 0 bridgehead atoms. The van der Waals surface area contributed by atoms with Crippen LogP contribution in [0.3, 0.4) is 0 Å². The monoisotopic (exact) mass is 232 g/mol. The quantitative estimate of drug-likeness (QED) is 0.861. The van der Waals surface area contributed by atoms with Crippen LogP contribution in [-0.4, -0.2) is 18.6 Å². The zero-order valence-corrected chi connectivity index (χ0v) is 11.3. The number of benzene rings is 1. The van der Waals surface area contributed by atoms with Crippen LogP contribution in [0.25, 0.3) is 0 Å². The van der Waals surface area contributed by atoms with Gasteiger partial charge in [-0.05, 0) is 51.3 Å². The highest BCUT2D eigenvalue weighted by Crippen LogP contribution is 2.21. The normalized spacial score (nSPS) is 16.5. The molecule has 0 unspecified atom stereocenters. The van der Waals surface area contributed by atoms with Crippen molar-refractivity contribution in [2.24, 2.45) is 0 Å². The molecule has 0 aliphatic carbocycles. The number of rotatable bonds is 3. The lowest BCUT2D eigenvalue weighted by molar-refractivity contribution is 0.424. The van der Waals surface area contributed by atoms with Crippen LogP contribution < -0.4 is 10.2 Å². The Hall–Kier alpha value is -1.02. The van der Waals surface area contributed by atoms with E-state index in [-0.39, 0.29) is 5.54 Å². The Morgan fingerprint density at radius 2 is 1.88 bits per heavy atom. The molecular weight excluding hydrogens is 208 g/mol. The van der Waals surface area contributed by atoms with E-state index >= 15 is 0 Å². The summed E-state index contributed by atoms with van der Waals surface area (Å²) in [7, 11) is 0. The van der Waals surface area contributed by atoms with Crippen molar-refractivity contribution in [1.29, 1.82) is 0 Å². The molecule has 1 aliphatic rings. The molecule has 1 aliphatic heterocycles. The van der Waals surface area contributed by atoms with Gasteiger partial charge in [0.05, 0.1) is 0 Å². The minimum absolute atomic E-state index is 0.184. The highest BCUT2D eigenvalue weighted by molar-refractivity contribution is 5.49. The zero-order chi connectivity index (χ0) is 12.3. The number of nitrogens with one attached hydrogen (secondary N) is 1. The summed E-state index contributed by atoms with van der Waals surface area (Å²) in [4.78, 5) is 2.49. The van der Waals surface area contributed by atoms with Crippen LogP contribution >= 0.6 is 0 Å². The highest BCUT2D eigenvalue weighted by Gasteiger charge is 2.13. The Bertz CT molecular complexity index is 359. The Morgan fingerprint density at radius 1 is 1.18 bits per heavy atom. The topological polar surface area (TPSA) is 15.3 Å². The lowest BCUT2D eigenvalue weighted by Gasteiger charge is -2.22. The third-order valence-electron chi connectivity index (χ3n) is 3.20. The molecular formula is C15H24N2. The zero-order valence-electron chi connectivity index (χ0n) is 11.3. The lowest BCUT2D eigenvalue weighted by atomic mass is 10.1. The predicted molar refractivity (Wildman–Crippen MR) is 74.5 cm³/mol. The predicted octanol–water partition coefficient (Wildman–Crippen LogP) is 3.17. The second-order valence-corrected chi connectivity index (χ2v) is 5.97. The van der Waals surface area contributed by atoms with Gasteiger partial charge < -0.3 is 10.2 Å². The van der Waals surface area contributed by atoms with Crippen molar-refractivity contribution >= 4 is 5.69 Å². The summed E-state index contributed by atoms with van der Waals surface area (Å²) in [6.07, 6.45) is 2.68. The van der Waals surface area contributed by atoms with Crippen LogP contribution in [0.1, 0.15) is 39.2 Å². The van der Waals surface area contributed by atoms with E-state index in [4.69, 9.17) is 0 Å². The number of anilines is 1. The summed E-state index contributed by atoms with van der Waals surface area (Å²) in [6, 6.07) is 8.93. The summed E-state index contributed by atoms with van der Waals surface area (Å²) in [6.45, 7) is 10.0. The summed E-state index contributed by atoms with van der Waals surface area (Å²) in [5, 5.41) is 3.54. The molecule has 1 aromatic rings. The Balaban J connectivity index is 2.01. The maximum atomic E-state index is 3.54. The summed E-state index contributed by atoms with van der Waals surface area (Å²) in [5.41, 5.74) is 2.95. The molecule has 2 rings (SSSR count). The van der Waals surface area contributed by atoms with Gasteiger partial charge in [0.1, 0.15) is 0 Å². The summed E-state index contributed by atoms with van der Waals surface area (Å²) < 4.78 is 0. The van der Waals surface area contributed by atoms with Gasteiger partial charge in [0.25, 0.3) is 0 Å². The summed E-state index contributed by atoms with van der Waals surface area (Å²) >= 11 is 0. The standard InChI is InChI=1S/C15H24N2/c1-15(2,3)16-12-13-7-6-8-14(11-13)17-9-4-5-10-17/h6-8,11,16H,4-5,9-10,12H2,1-3H3. The lowest BCUT2D eigenvalue weighted by Crippen LogP contribution is -2.35. The van der Waals surface area contributed by atoms with Gasteiger partial charge in [-0.15, -0.1) is 0 Å². The molecule has 1 fully saturated rings. The van der Waals surface area contributed by atoms with E-state index in [1.807, 2.05) is 0 Å². The first-order chi connectivity index (χ1) is 8.04. The van der Waals surface area contributed by atoms with Gasteiger partial charge in [0, 0.05) is 30.9 Å². The number of hydrogen-bond donors (Lipinski definition) is 1. The minimum atomic E-state index is 0.184. The van der Waals surface area contributed by atoms with Crippen molar-refractivity contribution in [1.82, 2.24) is 5.32 Å². The summed E-state index contributed by atoms with van der Waals surface area (Å²) in [5.74, 6) is 0. The van der Waals surface area contributed by atoms with Crippen LogP contribution in [0.5, 0.6) is 0 Å². The van der Waals surface area contributed by atoms with E-state index in [2.05, 4.69) is 55.3 Å². The van der Waals surface area contributed by atoms with Crippen molar-refractivity contribution in [2.75, 3.05) is 18.0 Å². The number of hydrogen-bond acceptors (Lipinski definition) is 2. The molecule has 0 atom stereocenters. The van der Waals surface area contributed by atoms with Gasteiger partial charge in [-0.25, -0.2) is 0 Å². The van der Waals surface area contributed by atoms with Crippen molar-refractivity contribution in [2.45, 2.75) is 45.7 Å². The van der Waals surface area contributed by atoms with Crippen LogP contribution in [0, 0.1) is 0 Å². The van der Waals surface area contributed by atoms with Gasteiger partial charge in [-0.1, -0.05) is 12.1 Å². The Morgan fingerprint density at radius 3 is 2.53 bits per heavy atom. The van der Waals surface area contributed by atoms with Crippen molar-refractivity contribution in [3.8, 4) is 0 Å². The molecule has 0 spiro atoms. The third-order valence-corrected chi connectivity index (χ3v) is 3.20. The Kier molecular flexibility index (Phi) is 3.72. The van der Waals surface area contributed by atoms with Crippen LogP contribution in [-0.2, 0) is 6.54 Å². The molecule has 17 heavy (non-hydrogen) atoms. The molecule has 0 amide bonds. The maximum Gasteiger partial charge on any atom is 0.0369 e. The molecule has 0 saturated carbocycles. The average Bonchev–Trinajstić information content (AvgIpc) is 2.79. The SMILES string of the molecule is CC(C)(C)NCc1cccc(N2CCCC2)c1. The largest absolute Gasteiger partial charge is 0.372 e. The van der Waals surface area contributed by atoms with Crippen LogP contribution in [0.4, 0.5) is 5.69 Å². The second kappa shape index (κ2) is 5.09. The molecule has 2 nitrogen and oxygen atoms in total. The van der Waals surface area contributed by atoms with Gasteiger partial charge in [-0.3, -0.25) is 0 Å². The molecule has 1 N–H and O–H groups in total. The molecule has 1 heterocycles. The van der Waals surface area contributed by atoms with Gasteiger partial charge >= 0.3 is 0 Å². The van der Waals surface area contributed by atoms with Crippen molar-refractivity contribution in [3.05, 3.63) is 29.8 Å². The smallest absolute Gasteiger partial charge is 0.0369 e. The van der Waals surface area contributed by atoms with Gasteiger partial charge in [-0.2, -0.15) is 0 Å². The van der Waals surface area contributed by atoms with E-state index in [9.17, 15) is 0 Å². The number of nitrogens with zero attached hydrogens (tertiary/aromatic N) is 1. The fraction of sp³-hybridized carbons (Fsp3) is 0.600. The molecule has 0 radical (unpaired) electrons. The van der Waals surface area contributed by atoms with Gasteiger partial charge in [0.2, 0.25) is 0 Å². The highest BCUT2D eigenvalue weighted by atomic mass is 15.1. The van der Waals surface area contributed by atoms with Gasteiger partial charge in [0.15, 0.2) is 0 Å². The first kappa shape index (κ1) is 12.4. The fourth-order valence-electron chi connectivity index (χ4n) is 2.21. The average molecular weight is 232 g/mol. The maximum absolute atomic E-state index is 3.54. The van der Waals surface area contributed by atoms with Crippen LogP contribution in [0.15, 0.2) is 24.3 Å². The van der Waals surface area contributed by atoms with E-state index in [1.165, 1.54) is 37.2 Å². The molecule has 94 valence electrons. The van der Waals surface area contributed by atoms with Crippen molar-refractivity contribution < 1.29 is 0 Å². The molecule has 1 aromatic carbocycles. The third kappa shape index (κ3) is 3.74. The Labute approximate surface area is 105 Å². The van der Waals surface area contributed by atoms with E-state index < -0.39 is 0 Å². The first-order valence-electron chi connectivity index (χ1n) is 6.63. The minimum Gasteiger partial charge on any atom is -0.372 e. The second-order valence-electron chi connectivity index (χ2n) is 5.97. The van der Waals surface area contributed by atoms with E-state index in [1.54, 1.807) is 0 Å².